The highest BCUT2D eigenvalue weighted by molar-refractivity contribution is 5.89. The molecule has 13 aliphatic rings. The van der Waals surface area contributed by atoms with E-state index in [2.05, 4.69) is 67.7 Å². The summed E-state index contributed by atoms with van der Waals surface area (Å²) in [5.74, 6) is -4.23. The monoisotopic (exact) mass is 1980 g/mol. The van der Waals surface area contributed by atoms with Crippen LogP contribution in [0.2, 0.25) is 0 Å². The molecule has 5 aliphatic carbocycles. The molecule has 0 aromatic rings. The lowest BCUT2D eigenvalue weighted by molar-refractivity contribution is -0.381. The number of carbonyl (C=O) groups is 3. The van der Waals surface area contributed by atoms with Crippen LogP contribution in [0.5, 0.6) is 0 Å². The van der Waals surface area contributed by atoms with Crippen molar-refractivity contribution in [2.75, 3.05) is 46.2 Å². The molecule has 12 fully saturated rings. The van der Waals surface area contributed by atoms with Gasteiger partial charge < -0.3 is 198 Å². The zero-order valence-electron chi connectivity index (χ0n) is 80.2. The minimum atomic E-state index is -2.28. The van der Waals surface area contributed by atoms with Crippen LogP contribution in [0.15, 0.2) is 60.3 Å². The van der Waals surface area contributed by atoms with Gasteiger partial charge in [0.2, 0.25) is 6.29 Å². The fourth-order valence-corrected chi connectivity index (χ4v) is 23.6. The second-order valence-corrected chi connectivity index (χ2v) is 42.8. The van der Waals surface area contributed by atoms with Crippen molar-refractivity contribution in [1.82, 2.24) is 0 Å². The van der Waals surface area contributed by atoms with E-state index in [-0.39, 0.29) is 67.9 Å². The van der Waals surface area contributed by atoms with E-state index in [9.17, 15) is 122 Å². The van der Waals surface area contributed by atoms with Crippen LogP contribution in [0.4, 0.5) is 0 Å². The van der Waals surface area contributed by atoms with Crippen molar-refractivity contribution in [2.45, 2.75) is 418 Å². The smallest absolute Gasteiger partial charge is 0.336 e. The first-order chi connectivity index (χ1) is 64.7. The Bertz CT molecular complexity index is 4210. The van der Waals surface area contributed by atoms with E-state index in [1.165, 1.54) is 52.0 Å². The highest BCUT2D eigenvalue weighted by atomic mass is 16.8. The highest BCUT2D eigenvalue weighted by Gasteiger charge is 2.73. The molecular weight excluding hydrogens is 1830 g/mol. The number of hydrogen-bond donors (Lipinski definition) is 22. The van der Waals surface area contributed by atoms with Gasteiger partial charge in [-0.1, -0.05) is 91.3 Å². The van der Waals surface area contributed by atoms with Crippen molar-refractivity contribution in [2.24, 2.45) is 50.2 Å². The predicted octanol–water partition coefficient (Wildman–Crippen LogP) is -3.36. The molecule has 138 heavy (non-hydrogen) atoms. The topological polar surface area (TPSA) is 662 Å². The maximum atomic E-state index is 16.6. The van der Waals surface area contributed by atoms with Gasteiger partial charge in [0.05, 0.1) is 87.4 Å². The van der Waals surface area contributed by atoms with E-state index in [1.807, 2.05) is 0 Å². The number of allylic oxidation sites excluding steroid dienone is 4. The summed E-state index contributed by atoms with van der Waals surface area (Å²) in [5, 5.41) is 248. The number of esters is 3. The van der Waals surface area contributed by atoms with Gasteiger partial charge in [0.1, 0.15) is 146 Å². The predicted molar refractivity (Wildman–Crippen MR) is 469 cm³/mol. The normalized spacial score (nSPS) is 48.0. The summed E-state index contributed by atoms with van der Waals surface area (Å²) >= 11 is 0. The van der Waals surface area contributed by atoms with E-state index >= 15 is 4.79 Å². The maximum absolute atomic E-state index is 16.6. The zero-order chi connectivity index (χ0) is 101. The molecule has 4 saturated carbocycles. The van der Waals surface area contributed by atoms with Crippen molar-refractivity contribution in [3.63, 3.8) is 0 Å². The summed E-state index contributed by atoms with van der Waals surface area (Å²) in [6.45, 7) is 25.2. The average molecular weight is 1980 g/mol. The summed E-state index contributed by atoms with van der Waals surface area (Å²) in [4.78, 5) is 45.4. The Morgan fingerprint density at radius 3 is 1.53 bits per heavy atom. The van der Waals surface area contributed by atoms with Crippen molar-refractivity contribution < 1.29 is 212 Å². The fraction of sp³-hybridized carbons (Fsp3) is 0.863. The lowest BCUT2D eigenvalue weighted by Crippen LogP contribution is -2.69. The molecule has 43 nitrogen and oxygen atoms in total. The minimum Gasteiger partial charge on any atom is -0.452 e. The van der Waals surface area contributed by atoms with Crippen LogP contribution in [0.25, 0.3) is 0 Å². The molecule has 0 aromatic heterocycles. The molecule has 0 aromatic carbocycles. The van der Waals surface area contributed by atoms with Crippen molar-refractivity contribution in [3.05, 3.63) is 60.3 Å². The number of aliphatic hydroxyl groups is 22. The molecule has 0 spiro atoms. The van der Waals surface area contributed by atoms with Crippen LogP contribution in [-0.2, 0) is 99.6 Å². The molecule has 0 unspecified atom stereocenters. The first-order valence-electron chi connectivity index (χ1n) is 48.3. The molecule has 0 amide bonds. The summed E-state index contributed by atoms with van der Waals surface area (Å²) in [5.41, 5.74) is -7.05. The number of fused-ring (bicyclic) bond motifs is 7. The number of carbonyl (C=O) groups excluding carboxylic acids is 3. The number of rotatable bonds is 32. The SMILES string of the molecule is C=C[C@@](C)(O)CC/C=C(\CO)C(=O)O[C@@H]1[C@@H](O)[C@H](C)O[C@@H](OC[C@H]2O[C@@H](OC(=O)[C@]34CCC(C)(C)C[C@H]3C3=CC[C@@H]5[C@@]6(C)CC[C@H](O[C@@H]7O[C@H](CO[C@@H]8OC[C@H](O)[C@H](O)[C@H]8O[C@@H]8OC[C@@H](O)[C@H](O)[C@H]8O)[C@@H](O)[C@H](O)[C@H]7O)C(C)(C)[C@@H]6CC[C@@]5(C)[C@]3(C)C[C@H]4O)[C@H](O[C@@H]3O[C@@H](C)[C@H](O[C@@H]4OC[C@@H](O)[C@H](O[C@@H]5OC[C@@H](O)[C@H](O)[C@H]5O)[C@H]4O)[C@@H](O)[C@H]3O)[C@@H](O)[C@@H]2O)[C@@H]1OC(=O)/C(=C/CC[C@](C)(O)C=C)CC. The molecule has 0 radical (unpaired) electrons. The molecule has 47 atom stereocenters. The molecule has 8 aliphatic heterocycles. The van der Waals surface area contributed by atoms with Gasteiger partial charge in [-0.2, -0.15) is 0 Å². The molecule has 8 saturated heterocycles. The Kier molecular flexibility index (Phi) is 35.3. The van der Waals surface area contributed by atoms with Crippen LogP contribution in [0.1, 0.15) is 173 Å². The molecule has 8 heterocycles. The van der Waals surface area contributed by atoms with Crippen molar-refractivity contribution in [3.8, 4) is 0 Å². The zero-order valence-corrected chi connectivity index (χ0v) is 80.2. The number of hydrogen-bond acceptors (Lipinski definition) is 43. The van der Waals surface area contributed by atoms with Gasteiger partial charge in [0.15, 0.2) is 62.3 Å². The summed E-state index contributed by atoms with van der Waals surface area (Å²) in [6.07, 6.45) is -54.8. The van der Waals surface area contributed by atoms with Gasteiger partial charge in [-0.25, -0.2) is 9.59 Å². The molecule has 13 rings (SSSR count). The molecule has 43 heteroatoms. The Balaban J connectivity index is 0.770. The van der Waals surface area contributed by atoms with E-state index in [0.29, 0.717) is 44.9 Å². The van der Waals surface area contributed by atoms with Crippen LogP contribution < -0.4 is 0 Å². The third kappa shape index (κ3) is 22.1. The van der Waals surface area contributed by atoms with Crippen LogP contribution in [0, 0.1) is 50.2 Å². The lowest BCUT2D eigenvalue weighted by Gasteiger charge is -2.71. The van der Waals surface area contributed by atoms with Gasteiger partial charge >= 0.3 is 17.9 Å². The van der Waals surface area contributed by atoms with Crippen molar-refractivity contribution >= 4 is 17.9 Å². The molecular formula is C95H150O43. The largest absolute Gasteiger partial charge is 0.452 e. The average Bonchev–Trinajstić information content (AvgIpc) is 0.668. The summed E-state index contributed by atoms with van der Waals surface area (Å²) in [7, 11) is 0. The third-order valence-electron chi connectivity index (χ3n) is 32.7. The molecule has 22 N–H and O–H groups in total. The second-order valence-electron chi connectivity index (χ2n) is 42.8. The Hall–Kier alpha value is -4.37. The van der Waals surface area contributed by atoms with Crippen LogP contribution in [-0.4, -0.2) is 421 Å². The maximum Gasteiger partial charge on any atom is 0.336 e. The van der Waals surface area contributed by atoms with Gasteiger partial charge in [0.25, 0.3) is 0 Å². The first kappa shape index (κ1) is 111. The number of ether oxygens (including phenoxy) is 18. The quantitative estimate of drug-likeness (QED) is 0.0103. The van der Waals surface area contributed by atoms with E-state index in [0.717, 1.165) is 5.57 Å². The summed E-state index contributed by atoms with van der Waals surface area (Å²) in [6, 6.07) is 0. The molecule has 0 bridgehead atoms. The second kappa shape index (κ2) is 44.0. The fourth-order valence-electron chi connectivity index (χ4n) is 23.6. The van der Waals surface area contributed by atoms with Crippen molar-refractivity contribution in [1.29, 1.82) is 0 Å². The first-order valence-corrected chi connectivity index (χ1v) is 48.3. The van der Waals surface area contributed by atoms with Crippen LogP contribution >= 0.6 is 0 Å². The van der Waals surface area contributed by atoms with Gasteiger partial charge in [-0.3, -0.25) is 4.79 Å². The van der Waals surface area contributed by atoms with E-state index < -0.39 is 347 Å². The Morgan fingerprint density at radius 2 is 0.935 bits per heavy atom. The highest BCUT2D eigenvalue weighted by Crippen LogP contribution is 2.76. The minimum absolute atomic E-state index is 0.00873. The Labute approximate surface area is 801 Å². The number of aliphatic hydroxyl groups excluding tert-OH is 20. The van der Waals surface area contributed by atoms with E-state index in [4.69, 9.17) is 85.3 Å². The molecule has 788 valence electrons. The van der Waals surface area contributed by atoms with Gasteiger partial charge in [-0.05, 0) is 162 Å². The lowest BCUT2D eigenvalue weighted by atomic mass is 9.33. The Morgan fingerprint density at radius 1 is 0.457 bits per heavy atom. The summed E-state index contributed by atoms with van der Waals surface area (Å²) < 4.78 is 109. The van der Waals surface area contributed by atoms with Crippen LogP contribution in [0.3, 0.4) is 0 Å². The van der Waals surface area contributed by atoms with Gasteiger partial charge in [-0.15, -0.1) is 13.2 Å². The standard InChI is InChI=1S/C95H150O43/c1-15-43(20-18-26-90(10,119)16-2)77(116)133-76-73(132-78(117)44(34-96)21-19-27-91(11,120)17-3)57(102)41(4)127-85(76)126-40-52-62(107)64(109)75(137-82-69(114)65(110)71(42(5)128-82)134-81-70(115)72(50(100)38-123-81)135-79-66(111)58(103)47(97)35-121-79)86(130-52)138-87(118)95-31-30-88(6,7)32-46(95)45-22-23-54-92(12)28-25-56(89(8,9)53(92)24-29-93(54,13)94(45,14)33-55(95)101)131-83-68(113)63(108)61(106)51(129-83)39-125-84-74(60(105)49(99)37-124-84)136-80-67(112)59(104)48(98)36-122-80/h16-17,20-22,41-42,46-76,79-86,96-115,119-120H,2-3,15,18-19,23-40H2,1,4-14H3/b43-20+,44-21+/t41-,42-,46-,47+,48+,49-,50+,51+,52+,53-,54+,55+,56-,57-,58-,59-,60-,61+,62+,63-,64-,65-,66+,67+,68+,69+,70+,71-,72-,73+,74+,75+,76+,79-,80-,81-,82-,83-,84-,85+,86-,90+,91+,92-,93+,94+,95+/m0/s1. The van der Waals surface area contributed by atoms with Gasteiger partial charge in [0, 0.05) is 5.57 Å². The third-order valence-corrected chi connectivity index (χ3v) is 32.7. The van der Waals surface area contributed by atoms with E-state index in [1.54, 1.807) is 6.92 Å².